The van der Waals surface area contributed by atoms with Crippen LogP contribution in [0.5, 0.6) is 0 Å². The highest BCUT2D eigenvalue weighted by molar-refractivity contribution is 6.12. The van der Waals surface area contributed by atoms with Crippen LogP contribution in [0, 0.1) is 0 Å². The van der Waals surface area contributed by atoms with E-state index in [0.29, 0.717) is 10.8 Å². The fourth-order valence-corrected chi connectivity index (χ4v) is 1.76. The highest BCUT2D eigenvalue weighted by Crippen LogP contribution is 2.23. The van der Waals surface area contributed by atoms with Crippen molar-refractivity contribution in [2.45, 2.75) is 0 Å². The minimum atomic E-state index is -1.11. The standard InChI is InChI=1S/C12H8O6/c13-11(17-15)9-6-5-7-3-1-2-4-8(7)10(9)12(14)18-16/h1-6,15-16H. The molecular formula is C12H8O6. The third-order valence-corrected chi connectivity index (χ3v) is 2.52. The van der Waals surface area contributed by atoms with Crippen LogP contribution < -0.4 is 0 Å². The molecule has 2 aromatic rings. The molecule has 0 fully saturated rings. The van der Waals surface area contributed by atoms with Crippen molar-refractivity contribution >= 4 is 22.7 Å². The summed E-state index contributed by atoms with van der Waals surface area (Å²) in [6, 6.07) is 9.58. The van der Waals surface area contributed by atoms with E-state index in [0.717, 1.165) is 0 Å². The van der Waals surface area contributed by atoms with Crippen LogP contribution in [0.2, 0.25) is 0 Å². The summed E-state index contributed by atoms with van der Waals surface area (Å²) in [5.74, 6) is -2.21. The Bertz CT molecular complexity index is 619. The van der Waals surface area contributed by atoms with Crippen LogP contribution in [0.25, 0.3) is 10.8 Å². The normalized spacial score (nSPS) is 10.1. The Morgan fingerprint density at radius 2 is 1.56 bits per heavy atom. The SMILES string of the molecule is O=C(OO)c1ccc2ccccc2c1C(=O)OO. The van der Waals surface area contributed by atoms with Crippen LogP contribution in [-0.2, 0) is 9.78 Å². The van der Waals surface area contributed by atoms with Gasteiger partial charge in [0, 0.05) is 0 Å². The van der Waals surface area contributed by atoms with Crippen molar-refractivity contribution in [2.24, 2.45) is 0 Å². The minimum Gasteiger partial charge on any atom is -0.295 e. The molecule has 2 N–H and O–H groups in total. The molecule has 0 spiro atoms. The lowest BCUT2D eigenvalue weighted by Crippen LogP contribution is -2.12. The maximum absolute atomic E-state index is 11.5. The van der Waals surface area contributed by atoms with Gasteiger partial charge in [0.1, 0.15) is 0 Å². The van der Waals surface area contributed by atoms with Crippen molar-refractivity contribution in [1.82, 2.24) is 0 Å². The van der Waals surface area contributed by atoms with Crippen molar-refractivity contribution in [3.8, 4) is 0 Å². The first-order valence-corrected chi connectivity index (χ1v) is 4.92. The number of hydrogen-bond acceptors (Lipinski definition) is 6. The molecule has 6 nitrogen and oxygen atoms in total. The van der Waals surface area contributed by atoms with Gasteiger partial charge in [-0.15, -0.1) is 0 Å². The molecule has 2 aromatic carbocycles. The Kier molecular flexibility index (Phi) is 3.22. The number of rotatable bonds is 2. The smallest absolute Gasteiger partial charge is 0.295 e. The summed E-state index contributed by atoms with van der Waals surface area (Å²) in [5, 5.41) is 17.9. The van der Waals surface area contributed by atoms with Crippen LogP contribution in [0.4, 0.5) is 0 Å². The number of hydrogen-bond donors (Lipinski definition) is 2. The van der Waals surface area contributed by atoms with E-state index in [1.807, 2.05) is 0 Å². The molecule has 0 saturated heterocycles. The summed E-state index contributed by atoms with van der Waals surface area (Å²) in [7, 11) is 0. The van der Waals surface area contributed by atoms with E-state index < -0.39 is 11.9 Å². The predicted molar refractivity (Wildman–Crippen MR) is 60.0 cm³/mol. The average Bonchev–Trinajstić information content (AvgIpc) is 2.44. The van der Waals surface area contributed by atoms with Gasteiger partial charge in [-0.1, -0.05) is 30.3 Å². The van der Waals surface area contributed by atoms with E-state index in [1.54, 1.807) is 30.3 Å². The lowest BCUT2D eigenvalue weighted by atomic mass is 9.99. The summed E-state index contributed by atoms with van der Waals surface area (Å²) in [5.41, 5.74) is -0.370. The Labute approximate surface area is 101 Å². The van der Waals surface area contributed by atoms with Gasteiger partial charge in [-0.3, -0.25) is 9.78 Å². The van der Waals surface area contributed by atoms with E-state index in [9.17, 15) is 9.59 Å². The topological polar surface area (TPSA) is 93.1 Å². The lowest BCUT2D eigenvalue weighted by molar-refractivity contribution is -0.185. The highest BCUT2D eigenvalue weighted by Gasteiger charge is 2.22. The third kappa shape index (κ3) is 1.90. The average molecular weight is 248 g/mol. The highest BCUT2D eigenvalue weighted by atomic mass is 17.1. The number of benzene rings is 2. The summed E-state index contributed by atoms with van der Waals surface area (Å²) >= 11 is 0. The molecule has 18 heavy (non-hydrogen) atoms. The van der Waals surface area contributed by atoms with E-state index in [-0.39, 0.29) is 11.1 Å². The van der Waals surface area contributed by atoms with Crippen LogP contribution >= 0.6 is 0 Å². The largest absolute Gasteiger partial charge is 0.374 e. The van der Waals surface area contributed by atoms with E-state index in [4.69, 9.17) is 10.5 Å². The van der Waals surface area contributed by atoms with Gasteiger partial charge in [-0.25, -0.2) is 9.59 Å². The van der Waals surface area contributed by atoms with Gasteiger partial charge in [0.05, 0.1) is 11.1 Å². The second kappa shape index (κ2) is 4.82. The molecule has 0 bridgehead atoms. The minimum absolute atomic E-state index is 0.172. The molecule has 0 amide bonds. The molecule has 0 aliphatic heterocycles. The molecule has 0 heterocycles. The number of fused-ring (bicyclic) bond motifs is 1. The van der Waals surface area contributed by atoms with E-state index in [2.05, 4.69) is 9.78 Å². The third-order valence-electron chi connectivity index (χ3n) is 2.52. The first-order valence-electron chi connectivity index (χ1n) is 4.92. The van der Waals surface area contributed by atoms with Crippen LogP contribution in [0.15, 0.2) is 36.4 Å². The number of carbonyl (C=O) groups excluding carboxylic acids is 2. The Morgan fingerprint density at radius 1 is 0.889 bits per heavy atom. The first kappa shape index (κ1) is 12.0. The van der Waals surface area contributed by atoms with Crippen molar-refractivity contribution < 1.29 is 29.9 Å². The Hall–Kier alpha value is -2.44. The maximum Gasteiger partial charge on any atom is 0.374 e. The Morgan fingerprint density at radius 3 is 2.22 bits per heavy atom. The van der Waals surface area contributed by atoms with Gasteiger partial charge in [-0.2, -0.15) is 10.5 Å². The molecule has 6 heteroatoms. The van der Waals surface area contributed by atoms with E-state index >= 15 is 0 Å². The molecule has 0 aliphatic carbocycles. The second-order valence-corrected chi connectivity index (χ2v) is 3.47. The fraction of sp³-hybridized carbons (Fsp3) is 0. The maximum atomic E-state index is 11.5. The van der Waals surface area contributed by atoms with Crippen LogP contribution in [0.3, 0.4) is 0 Å². The quantitative estimate of drug-likeness (QED) is 0.624. The van der Waals surface area contributed by atoms with Gasteiger partial charge >= 0.3 is 11.9 Å². The molecule has 0 saturated carbocycles. The van der Waals surface area contributed by atoms with Crippen molar-refractivity contribution in [3.05, 3.63) is 47.5 Å². The molecule has 2 rings (SSSR count). The molecule has 0 atom stereocenters. The zero-order valence-corrected chi connectivity index (χ0v) is 8.99. The molecular weight excluding hydrogens is 240 g/mol. The zero-order valence-electron chi connectivity index (χ0n) is 8.99. The van der Waals surface area contributed by atoms with Gasteiger partial charge in [-0.05, 0) is 16.8 Å². The fourth-order valence-electron chi connectivity index (χ4n) is 1.76. The van der Waals surface area contributed by atoms with Crippen molar-refractivity contribution in [3.63, 3.8) is 0 Å². The molecule has 0 unspecified atom stereocenters. The van der Waals surface area contributed by atoms with Gasteiger partial charge in [0.25, 0.3) is 0 Å². The zero-order chi connectivity index (χ0) is 13.1. The van der Waals surface area contributed by atoms with Gasteiger partial charge < -0.3 is 0 Å². The van der Waals surface area contributed by atoms with Crippen LogP contribution in [-0.4, -0.2) is 22.5 Å². The lowest BCUT2D eigenvalue weighted by Gasteiger charge is -2.07. The monoisotopic (exact) mass is 248 g/mol. The van der Waals surface area contributed by atoms with Gasteiger partial charge in [0.15, 0.2) is 0 Å². The van der Waals surface area contributed by atoms with E-state index in [1.165, 1.54) is 6.07 Å². The molecule has 92 valence electrons. The summed E-state index contributed by atoms with van der Waals surface area (Å²) in [6.07, 6.45) is 0. The molecule has 0 radical (unpaired) electrons. The molecule has 0 aliphatic rings. The first-order chi connectivity index (χ1) is 8.69. The summed E-state index contributed by atoms with van der Waals surface area (Å²) in [4.78, 5) is 30.1. The molecule has 0 aromatic heterocycles. The Balaban J connectivity index is 2.79. The second-order valence-electron chi connectivity index (χ2n) is 3.47. The summed E-state index contributed by atoms with van der Waals surface area (Å²) in [6.45, 7) is 0. The number of carbonyl (C=O) groups is 2. The predicted octanol–water partition coefficient (Wildman–Crippen LogP) is 2.10. The van der Waals surface area contributed by atoms with Crippen molar-refractivity contribution in [1.29, 1.82) is 0 Å². The van der Waals surface area contributed by atoms with Crippen molar-refractivity contribution in [2.75, 3.05) is 0 Å². The van der Waals surface area contributed by atoms with Gasteiger partial charge in [0.2, 0.25) is 0 Å². The summed E-state index contributed by atoms with van der Waals surface area (Å²) < 4.78 is 0. The van der Waals surface area contributed by atoms with Crippen LogP contribution in [0.1, 0.15) is 20.7 Å².